The van der Waals surface area contributed by atoms with Crippen LogP contribution >= 0.6 is 0 Å². The van der Waals surface area contributed by atoms with E-state index in [1.54, 1.807) is 17.0 Å². The number of carbonyl (C=O) groups excluding carboxylic acids is 1. The van der Waals surface area contributed by atoms with Gasteiger partial charge in [-0.25, -0.2) is 4.39 Å². The van der Waals surface area contributed by atoms with E-state index in [1.807, 2.05) is 0 Å². The van der Waals surface area contributed by atoms with Gasteiger partial charge >= 0.3 is 0 Å². The van der Waals surface area contributed by atoms with Crippen molar-refractivity contribution in [3.05, 3.63) is 30.1 Å². The molecular formula is C11H13FN2O. The van der Waals surface area contributed by atoms with Gasteiger partial charge in [-0.1, -0.05) is 0 Å². The normalized spacial score (nSPS) is 21.9. The predicted octanol–water partition coefficient (Wildman–Crippen LogP) is 1.28. The van der Waals surface area contributed by atoms with Crippen molar-refractivity contribution in [3.63, 3.8) is 0 Å². The van der Waals surface area contributed by atoms with Crippen LogP contribution in [-0.2, 0) is 4.79 Å². The first kappa shape index (κ1) is 10.1. The van der Waals surface area contributed by atoms with E-state index in [4.69, 9.17) is 5.73 Å². The SMILES string of the molecule is NC1CCC(=O)N(c2ccc(F)cc2)C1. The molecule has 1 aromatic carbocycles. The van der Waals surface area contributed by atoms with Crippen LogP contribution in [0, 0.1) is 5.82 Å². The number of amides is 1. The molecule has 1 fully saturated rings. The van der Waals surface area contributed by atoms with Gasteiger partial charge in [0.25, 0.3) is 0 Å². The highest BCUT2D eigenvalue weighted by Crippen LogP contribution is 2.20. The summed E-state index contributed by atoms with van der Waals surface area (Å²) in [7, 11) is 0. The van der Waals surface area contributed by atoms with E-state index >= 15 is 0 Å². The molecule has 1 unspecified atom stereocenters. The minimum absolute atomic E-state index is 0.0211. The van der Waals surface area contributed by atoms with Crippen molar-refractivity contribution in [2.75, 3.05) is 11.4 Å². The minimum Gasteiger partial charge on any atom is -0.326 e. The zero-order valence-corrected chi connectivity index (χ0v) is 8.32. The molecule has 1 aliphatic heterocycles. The van der Waals surface area contributed by atoms with E-state index < -0.39 is 0 Å². The van der Waals surface area contributed by atoms with E-state index in [0.717, 1.165) is 12.1 Å². The highest BCUT2D eigenvalue weighted by molar-refractivity contribution is 5.94. The second-order valence-electron chi connectivity index (χ2n) is 3.78. The third-order valence-electron chi connectivity index (χ3n) is 2.59. The predicted molar refractivity (Wildman–Crippen MR) is 56.0 cm³/mol. The summed E-state index contributed by atoms with van der Waals surface area (Å²) in [6.45, 7) is 0.518. The molecule has 2 rings (SSSR count). The van der Waals surface area contributed by atoms with Gasteiger partial charge in [0.15, 0.2) is 0 Å². The van der Waals surface area contributed by atoms with Crippen LogP contribution in [0.15, 0.2) is 24.3 Å². The fraction of sp³-hybridized carbons (Fsp3) is 0.364. The number of hydrogen-bond donors (Lipinski definition) is 1. The van der Waals surface area contributed by atoms with Crippen LogP contribution in [0.3, 0.4) is 0 Å². The first-order chi connectivity index (χ1) is 7.16. The van der Waals surface area contributed by atoms with E-state index in [1.165, 1.54) is 12.1 Å². The van der Waals surface area contributed by atoms with Crippen LogP contribution < -0.4 is 10.6 Å². The number of nitrogens with two attached hydrogens (primary N) is 1. The fourth-order valence-corrected chi connectivity index (χ4v) is 1.74. The Labute approximate surface area is 87.7 Å². The van der Waals surface area contributed by atoms with E-state index in [2.05, 4.69) is 0 Å². The monoisotopic (exact) mass is 208 g/mol. The fourth-order valence-electron chi connectivity index (χ4n) is 1.74. The maximum Gasteiger partial charge on any atom is 0.227 e. The van der Waals surface area contributed by atoms with Crippen LogP contribution in [0.1, 0.15) is 12.8 Å². The van der Waals surface area contributed by atoms with Crippen LogP contribution in [0.2, 0.25) is 0 Å². The first-order valence-corrected chi connectivity index (χ1v) is 4.98. The molecule has 0 radical (unpaired) electrons. The molecule has 3 nitrogen and oxygen atoms in total. The lowest BCUT2D eigenvalue weighted by molar-refractivity contribution is -0.119. The van der Waals surface area contributed by atoms with Crippen molar-refractivity contribution in [2.45, 2.75) is 18.9 Å². The lowest BCUT2D eigenvalue weighted by Gasteiger charge is -2.30. The maximum atomic E-state index is 12.7. The lowest BCUT2D eigenvalue weighted by Crippen LogP contribution is -2.46. The summed E-state index contributed by atoms with van der Waals surface area (Å²) in [4.78, 5) is 13.2. The minimum atomic E-state index is -0.299. The molecule has 0 saturated carbocycles. The molecule has 1 aromatic rings. The molecule has 1 amide bonds. The van der Waals surface area contributed by atoms with Crippen LogP contribution in [0.25, 0.3) is 0 Å². The van der Waals surface area contributed by atoms with Crippen molar-refractivity contribution in [2.24, 2.45) is 5.73 Å². The van der Waals surface area contributed by atoms with Gasteiger partial charge in [0.2, 0.25) is 5.91 Å². The van der Waals surface area contributed by atoms with Gasteiger partial charge < -0.3 is 10.6 Å². The molecule has 1 heterocycles. The van der Waals surface area contributed by atoms with Crippen molar-refractivity contribution in [1.29, 1.82) is 0 Å². The number of nitrogens with zero attached hydrogens (tertiary/aromatic N) is 1. The second-order valence-corrected chi connectivity index (χ2v) is 3.78. The zero-order chi connectivity index (χ0) is 10.8. The van der Waals surface area contributed by atoms with Gasteiger partial charge in [0, 0.05) is 24.7 Å². The quantitative estimate of drug-likeness (QED) is 0.755. The highest BCUT2D eigenvalue weighted by atomic mass is 19.1. The molecule has 0 spiro atoms. The number of halogens is 1. The average molecular weight is 208 g/mol. The van der Waals surface area contributed by atoms with Gasteiger partial charge in [0.05, 0.1) is 0 Å². The van der Waals surface area contributed by atoms with Gasteiger partial charge in [-0.05, 0) is 30.7 Å². The zero-order valence-electron chi connectivity index (χ0n) is 8.32. The van der Waals surface area contributed by atoms with Crippen molar-refractivity contribution in [1.82, 2.24) is 0 Å². The topological polar surface area (TPSA) is 46.3 Å². The van der Waals surface area contributed by atoms with Gasteiger partial charge in [-0.3, -0.25) is 4.79 Å². The molecule has 1 aliphatic rings. The summed E-state index contributed by atoms with van der Waals surface area (Å²) in [5, 5.41) is 0. The van der Waals surface area contributed by atoms with Crippen molar-refractivity contribution >= 4 is 11.6 Å². The molecule has 15 heavy (non-hydrogen) atoms. The third kappa shape index (κ3) is 2.15. The average Bonchev–Trinajstić information content (AvgIpc) is 2.23. The molecule has 2 N–H and O–H groups in total. The van der Waals surface area contributed by atoms with Gasteiger partial charge in [-0.2, -0.15) is 0 Å². The van der Waals surface area contributed by atoms with Crippen LogP contribution in [-0.4, -0.2) is 18.5 Å². The lowest BCUT2D eigenvalue weighted by atomic mass is 10.1. The molecule has 1 saturated heterocycles. The van der Waals surface area contributed by atoms with E-state index in [9.17, 15) is 9.18 Å². The number of hydrogen-bond acceptors (Lipinski definition) is 2. The number of anilines is 1. The largest absolute Gasteiger partial charge is 0.326 e. The Bertz CT molecular complexity index is 363. The Morgan fingerprint density at radius 1 is 1.33 bits per heavy atom. The summed E-state index contributed by atoms with van der Waals surface area (Å²) in [6.07, 6.45) is 1.20. The molecule has 4 heteroatoms. The summed E-state index contributed by atoms with van der Waals surface area (Å²) < 4.78 is 12.7. The van der Waals surface area contributed by atoms with E-state index in [0.29, 0.717) is 13.0 Å². The summed E-state index contributed by atoms with van der Waals surface area (Å²) in [6, 6.07) is 5.93. The summed E-state index contributed by atoms with van der Waals surface area (Å²) >= 11 is 0. The number of rotatable bonds is 1. The van der Waals surface area contributed by atoms with Gasteiger partial charge in [0.1, 0.15) is 5.82 Å². The molecule has 0 aliphatic carbocycles. The Morgan fingerprint density at radius 2 is 2.00 bits per heavy atom. The number of carbonyl (C=O) groups is 1. The second kappa shape index (κ2) is 3.98. The summed E-state index contributed by atoms with van der Waals surface area (Å²) in [5.74, 6) is -0.240. The smallest absolute Gasteiger partial charge is 0.227 e. The molecule has 1 atom stereocenters. The van der Waals surface area contributed by atoms with E-state index in [-0.39, 0.29) is 17.8 Å². The summed E-state index contributed by atoms with van der Waals surface area (Å²) in [5.41, 5.74) is 6.51. The molecular weight excluding hydrogens is 195 g/mol. The van der Waals surface area contributed by atoms with Crippen LogP contribution in [0.5, 0.6) is 0 Å². The molecule has 80 valence electrons. The Kier molecular flexibility index (Phi) is 2.68. The molecule has 0 aromatic heterocycles. The van der Waals surface area contributed by atoms with Crippen molar-refractivity contribution < 1.29 is 9.18 Å². The number of benzene rings is 1. The highest BCUT2D eigenvalue weighted by Gasteiger charge is 2.24. The maximum absolute atomic E-state index is 12.7. The Morgan fingerprint density at radius 3 is 2.67 bits per heavy atom. The van der Waals surface area contributed by atoms with Gasteiger partial charge in [-0.15, -0.1) is 0 Å². The Hall–Kier alpha value is -1.42. The standard InChI is InChI=1S/C11H13FN2O/c12-8-1-4-10(5-2-8)14-7-9(13)3-6-11(14)15/h1-2,4-5,9H,3,6-7,13H2. The molecule has 0 bridgehead atoms. The third-order valence-corrected chi connectivity index (χ3v) is 2.59. The number of piperidine rings is 1. The van der Waals surface area contributed by atoms with Crippen LogP contribution in [0.4, 0.5) is 10.1 Å². The first-order valence-electron chi connectivity index (χ1n) is 4.98. The van der Waals surface area contributed by atoms with Crippen molar-refractivity contribution in [3.8, 4) is 0 Å². The Balaban J connectivity index is 2.21.